The molecule has 0 atom stereocenters. The summed E-state index contributed by atoms with van der Waals surface area (Å²) in [5.74, 6) is -0.289. The summed E-state index contributed by atoms with van der Waals surface area (Å²) < 4.78 is 12.9. The summed E-state index contributed by atoms with van der Waals surface area (Å²) in [5.41, 5.74) is 8.30. The molecule has 0 aliphatic heterocycles. The third-order valence-electron chi connectivity index (χ3n) is 2.99. The third kappa shape index (κ3) is 3.90. The van der Waals surface area contributed by atoms with E-state index in [1.165, 1.54) is 12.1 Å². The number of nitrogens with two attached hydrogens (primary N) is 1. The normalized spacial score (nSPS) is 10.3. The van der Waals surface area contributed by atoms with Crippen molar-refractivity contribution in [2.24, 2.45) is 5.73 Å². The fourth-order valence-electron chi connectivity index (χ4n) is 1.88. The molecule has 0 aliphatic rings. The van der Waals surface area contributed by atoms with Crippen LogP contribution < -0.4 is 11.1 Å². The van der Waals surface area contributed by atoms with Crippen LogP contribution in [0.1, 0.15) is 12.0 Å². The maximum atomic E-state index is 12.9. The van der Waals surface area contributed by atoms with E-state index >= 15 is 0 Å². The van der Waals surface area contributed by atoms with Gasteiger partial charge in [-0.15, -0.1) is 0 Å². The maximum absolute atomic E-state index is 12.9. The lowest BCUT2D eigenvalue weighted by atomic mass is 10.0. The maximum Gasteiger partial charge on any atom is 0.221 e. The molecule has 0 aromatic heterocycles. The molecule has 0 saturated carbocycles. The lowest BCUT2D eigenvalue weighted by molar-refractivity contribution is -0.121. The zero-order valence-corrected chi connectivity index (χ0v) is 11.1. The second-order valence-electron chi connectivity index (χ2n) is 4.52. The van der Waals surface area contributed by atoms with Crippen LogP contribution in [0.15, 0.2) is 48.5 Å². The number of hydrogen-bond acceptors (Lipinski definition) is 2. The van der Waals surface area contributed by atoms with Gasteiger partial charge in [0.25, 0.3) is 0 Å². The number of halogens is 1. The zero-order chi connectivity index (χ0) is 14.4. The molecule has 104 valence electrons. The summed E-state index contributed by atoms with van der Waals surface area (Å²) in [4.78, 5) is 11.3. The van der Waals surface area contributed by atoms with Gasteiger partial charge in [0.15, 0.2) is 0 Å². The minimum Gasteiger partial charge on any atom is -0.352 e. The highest BCUT2D eigenvalue weighted by molar-refractivity contribution is 5.76. The predicted molar refractivity (Wildman–Crippen MR) is 77.4 cm³/mol. The first-order valence-corrected chi connectivity index (χ1v) is 6.50. The molecule has 0 saturated heterocycles. The molecule has 0 fully saturated rings. The van der Waals surface area contributed by atoms with Gasteiger partial charge in [-0.05, 0) is 28.8 Å². The average molecular weight is 272 g/mol. The second-order valence-corrected chi connectivity index (χ2v) is 4.52. The lowest BCUT2D eigenvalue weighted by Gasteiger charge is -2.06. The van der Waals surface area contributed by atoms with Gasteiger partial charge in [0.05, 0.1) is 0 Å². The molecule has 2 rings (SSSR count). The topological polar surface area (TPSA) is 55.1 Å². The number of rotatable bonds is 5. The molecule has 0 aliphatic carbocycles. The number of amides is 1. The Balaban J connectivity index is 1.99. The fourth-order valence-corrected chi connectivity index (χ4v) is 1.88. The summed E-state index contributed by atoms with van der Waals surface area (Å²) in [6.07, 6.45) is 0.341. The minimum atomic E-state index is -0.243. The Morgan fingerprint density at radius 1 is 1.00 bits per heavy atom. The highest BCUT2D eigenvalue weighted by atomic mass is 19.1. The molecular formula is C16H17FN2O. The third-order valence-corrected chi connectivity index (χ3v) is 2.99. The van der Waals surface area contributed by atoms with Crippen LogP contribution >= 0.6 is 0 Å². The van der Waals surface area contributed by atoms with Crippen molar-refractivity contribution in [3.63, 3.8) is 0 Å². The van der Waals surface area contributed by atoms with E-state index in [9.17, 15) is 9.18 Å². The van der Waals surface area contributed by atoms with Gasteiger partial charge in [-0.25, -0.2) is 4.39 Å². The molecule has 0 unspecified atom stereocenters. The van der Waals surface area contributed by atoms with Gasteiger partial charge < -0.3 is 11.1 Å². The SMILES string of the molecule is NCCC(=O)NCc1ccc(-c2ccc(F)cc2)cc1. The van der Waals surface area contributed by atoms with E-state index < -0.39 is 0 Å². The molecule has 0 spiro atoms. The van der Waals surface area contributed by atoms with Crippen molar-refractivity contribution in [2.75, 3.05) is 6.54 Å². The molecule has 0 radical (unpaired) electrons. The Hall–Kier alpha value is -2.20. The van der Waals surface area contributed by atoms with E-state index in [0.717, 1.165) is 16.7 Å². The molecule has 2 aromatic rings. The zero-order valence-electron chi connectivity index (χ0n) is 11.1. The Kier molecular flexibility index (Phi) is 4.85. The molecule has 20 heavy (non-hydrogen) atoms. The number of hydrogen-bond donors (Lipinski definition) is 2. The van der Waals surface area contributed by atoms with E-state index in [1.807, 2.05) is 24.3 Å². The van der Waals surface area contributed by atoms with Crippen LogP contribution in [0.4, 0.5) is 4.39 Å². The smallest absolute Gasteiger partial charge is 0.221 e. The second kappa shape index (κ2) is 6.82. The van der Waals surface area contributed by atoms with Gasteiger partial charge in [0.1, 0.15) is 5.82 Å². The summed E-state index contributed by atoms with van der Waals surface area (Å²) in [6, 6.07) is 14.2. The molecule has 3 N–H and O–H groups in total. The summed E-state index contributed by atoms with van der Waals surface area (Å²) >= 11 is 0. The van der Waals surface area contributed by atoms with Gasteiger partial charge in [0.2, 0.25) is 5.91 Å². The molecule has 1 amide bonds. The van der Waals surface area contributed by atoms with Crippen molar-refractivity contribution >= 4 is 5.91 Å². The number of carbonyl (C=O) groups is 1. The van der Waals surface area contributed by atoms with Crippen molar-refractivity contribution in [1.29, 1.82) is 0 Å². The van der Waals surface area contributed by atoms with Crippen molar-refractivity contribution in [3.8, 4) is 11.1 Å². The Morgan fingerprint density at radius 2 is 1.55 bits per heavy atom. The van der Waals surface area contributed by atoms with Crippen molar-refractivity contribution in [1.82, 2.24) is 5.32 Å². The van der Waals surface area contributed by atoms with Gasteiger partial charge in [-0.2, -0.15) is 0 Å². The first-order valence-electron chi connectivity index (χ1n) is 6.50. The van der Waals surface area contributed by atoms with Crippen LogP contribution in [0.2, 0.25) is 0 Å². The quantitative estimate of drug-likeness (QED) is 0.878. The van der Waals surface area contributed by atoms with E-state index in [-0.39, 0.29) is 11.7 Å². The van der Waals surface area contributed by atoms with Crippen molar-refractivity contribution in [3.05, 3.63) is 59.9 Å². The molecule has 0 bridgehead atoms. The highest BCUT2D eigenvalue weighted by Crippen LogP contribution is 2.20. The molecule has 3 nitrogen and oxygen atoms in total. The van der Waals surface area contributed by atoms with Crippen LogP contribution in [-0.2, 0) is 11.3 Å². The van der Waals surface area contributed by atoms with Crippen molar-refractivity contribution < 1.29 is 9.18 Å². The minimum absolute atomic E-state index is 0.0462. The summed E-state index contributed by atoms with van der Waals surface area (Å²) in [6.45, 7) is 0.845. The van der Waals surface area contributed by atoms with Crippen LogP contribution in [0, 0.1) is 5.82 Å². The van der Waals surface area contributed by atoms with Gasteiger partial charge in [-0.3, -0.25) is 4.79 Å². The Labute approximate surface area is 117 Å². The van der Waals surface area contributed by atoms with E-state index in [2.05, 4.69) is 5.32 Å². The first-order chi connectivity index (χ1) is 9.69. The van der Waals surface area contributed by atoms with Crippen LogP contribution in [0.5, 0.6) is 0 Å². The molecular weight excluding hydrogens is 255 g/mol. The molecule has 0 heterocycles. The summed E-state index contributed by atoms with van der Waals surface area (Å²) in [5, 5.41) is 2.80. The van der Waals surface area contributed by atoms with Gasteiger partial charge in [-0.1, -0.05) is 36.4 Å². The Morgan fingerprint density at radius 3 is 2.10 bits per heavy atom. The van der Waals surface area contributed by atoms with E-state index in [0.29, 0.717) is 19.5 Å². The van der Waals surface area contributed by atoms with Gasteiger partial charge >= 0.3 is 0 Å². The van der Waals surface area contributed by atoms with E-state index in [1.54, 1.807) is 12.1 Å². The van der Waals surface area contributed by atoms with Gasteiger partial charge in [0, 0.05) is 19.5 Å². The summed E-state index contributed by atoms with van der Waals surface area (Å²) in [7, 11) is 0. The lowest BCUT2D eigenvalue weighted by Crippen LogP contribution is -2.24. The number of benzene rings is 2. The highest BCUT2D eigenvalue weighted by Gasteiger charge is 2.01. The van der Waals surface area contributed by atoms with Crippen molar-refractivity contribution in [2.45, 2.75) is 13.0 Å². The van der Waals surface area contributed by atoms with Crippen LogP contribution in [-0.4, -0.2) is 12.5 Å². The van der Waals surface area contributed by atoms with Crippen LogP contribution in [0.25, 0.3) is 11.1 Å². The van der Waals surface area contributed by atoms with Crippen LogP contribution in [0.3, 0.4) is 0 Å². The monoisotopic (exact) mass is 272 g/mol. The van der Waals surface area contributed by atoms with E-state index in [4.69, 9.17) is 5.73 Å². The number of nitrogens with one attached hydrogen (secondary N) is 1. The molecule has 4 heteroatoms. The fraction of sp³-hybridized carbons (Fsp3) is 0.188. The number of carbonyl (C=O) groups excluding carboxylic acids is 1. The first kappa shape index (κ1) is 14.2. The molecule has 2 aromatic carbocycles. The average Bonchev–Trinajstić information content (AvgIpc) is 2.47. The largest absolute Gasteiger partial charge is 0.352 e. The predicted octanol–water partition coefficient (Wildman–Crippen LogP) is 2.46. The standard InChI is InChI=1S/C16H17FN2O/c17-15-7-5-14(6-8-15)13-3-1-12(2-4-13)11-19-16(20)9-10-18/h1-8H,9-11,18H2,(H,19,20). The Bertz CT molecular complexity index is 564.